The van der Waals surface area contributed by atoms with Crippen molar-refractivity contribution in [3.63, 3.8) is 0 Å². The minimum absolute atomic E-state index is 0.112. The van der Waals surface area contributed by atoms with Crippen LogP contribution in [0.2, 0.25) is 0 Å². The zero-order valence-corrected chi connectivity index (χ0v) is 9.55. The van der Waals surface area contributed by atoms with Crippen molar-refractivity contribution in [2.24, 2.45) is 5.73 Å². The van der Waals surface area contributed by atoms with Gasteiger partial charge in [0.05, 0.1) is 0 Å². The van der Waals surface area contributed by atoms with Gasteiger partial charge >= 0.3 is 0 Å². The van der Waals surface area contributed by atoms with E-state index < -0.39 is 0 Å². The highest BCUT2D eigenvalue weighted by Gasteiger charge is 2.06. The number of rotatable bonds is 2. The third-order valence-electron chi connectivity index (χ3n) is 2.40. The average Bonchev–Trinajstić information content (AvgIpc) is 2.67. The van der Waals surface area contributed by atoms with Gasteiger partial charge in [0.2, 0.25) is 0 Å². The molecule has 2 rings (SSSR count). The first-order valence-electron chi connectivity index (χ1n) is 4.94. The molecule has 2 N–H and O–H groups in total. The molecule has 0 fully saturated rings. The Kier molecular flexibility index (Phi) is 2.89. The highest BCUT2D eigenvalue weighted by molar-refractivity contribution is 7.10. The second-order valence-electron chi connectivity index (χ2n) is 3.68. The van der Waals surface area contributed by atoms with E-state index in [0.29, 0.717) is 0 Å². The molecule has 77 valence electrons. The van der Waals surface area contributed by atoms with Crippen molar-refractivity contribution < 1.29 is 0 Å². The molecule has 0 saturated heterocycles. The van der Waals surface area contributed by atoms with Gasteiger partial charge in [-0.2, -0.15) is 0 Å². The van der Waals surface area contributed by atoms with Crippen LogP contribution in [0, 0.1) is 6.92 Å². The van der Waals surface area contributed by atoms with Crippen LogP contribution in [0.1, 0.15) is 23.4 Å². The topological polar surface area (TPSA) is 26.0 Å². The molecule has 1 aromatic heterocycles. The maximum atomic E-state index is 5.84. The molecule has 0 bridgehead atoms. The number of thiophene rings is 1. The monoisotopic (exact) mass is 216 g/mol. The van der Waals surface area contributed by atoms with Gasteiger partial charge in [-0.25, -0.2) is 0 Å². The quantitative estimate of drug-likeness (QED) is 0.815. The average molecular weight is 216 g/mol. The van der Waals surface area contributed by atoms with Gasteiger partial charge in [0.25, 0.3) is 0 Å². The summed E-state index contributed by atoms with van der Waals surface area (Å²) < 4.78 is 0. The fourth-order valence-electron chi connectivity index (χ4n) is 1.53. The largest absolute Gasteiger partial charge is 0.324 e. The van der Waals surface area contributed by atoms with E-state index >= 15 is 0 Å². The van der Waals surface area contributed by atoms with Gasteiger partial charge in [-0.3, -0.25) is 0 Å². The normalized spacial score (nSPS) is 12.7. The van der Waals surface area contributed by atoms with E-state index in [4.69, 9.17) is 5.73 Å². The third kappa shape index (κ3) is 2.11. The van der Waals surface area contributed by atoms with Gasteiger partial charge in [0.1, 0.15) is 0 Å². The fourth-order valence-corrected chi connectivity index (χ4v) is 2.40. The Balaban J connectivity index is 2.42. The Bertz CT molecular complexity index is 457. The molecule has 1 nitrogen and oxygen atoms in total. The van der Waals surface area contributed by atoms with E-state index in [2.05, 4.69) is 24.4 Å². The molecule has 2 heteroatoms. The van der Waals surface area contributed by atoms with Crippen molar-refractivity contribution in [2.45, 2.75) is 13.0 Å². The highest BCUT2D eigenvalue weighted by atomic mass is 32.1. The summed E-state index contributed by atoms with van der Waals surface area (Å²) in [7, 11) is 0. The zero-order chi connectivity index (χ0) is 10.8. The van der Waals surface area contributed by atoms with Crippen molar-refractivity contribution in [1.82, 2.24) is 0 Å². The molecule has 1 atom stereocenters. The molecule has 0 aliphatic carbocycles. The van der Waals surface area contributed by atoms with Crippen LogP contribution in [0.25, 0.3) is 11.1 Å². The van der Waals surface area contributed by atoms with Crippen LogP contribution in [-0.4, -0.2) is 0 Å². The predicted molar refractivity (Wildman–Crippen MR) is 66.8 cm³/mol. The molecule has 1 heterocycles. The summed E-state index contributed by atoms with van der Waals surface area (Å²) in [6.45, 7) is 6.03. The van der Waals surface area contributed by atoms with Crippen LogP contribution in [0.4, 0.5) is 0 Å². The molecular formula is C13H14NS. The van der Waals surface area contributed by atoms with E-state index in [1.165, 1.54) is 16.0 Å². The summed E-state index contributed by atoms with van der Waals surface area (Å²) in [5, 5.41) is 2.14. The molecule has 0 saturated carbocycles. The minimum Gasteiger partial charge on any atom is -0.324 e. The van der Waals surface area contributed by atoms with Crippen molar-refractivity contribution >= 4 is 11.3 Å². The SMILES string of the molecule is [CH2]c1ccccc1-c1csc(C(C)N)c1. The van der Waals surface area contributed by atoms with Gasteiger partial charge in [-0.15, -0.1) is 11.3 Å². The third-order valence-corrected chi connectivity index (χ3v) is 3.53. The van der Waals surface area contributed by atoms with E-state index in [-0.39, 0.29) is 6.04 Å². The first-order valence-corrected chi connectivity index (χ1v) is 5.82. The van der Waals surface area contributed by atoms with Crippen LogP contribution >= 0.6 is 11.3 Å². The van der Waals surface area contributed by atoms with Crippen molar-refractivity contribution in [3.05, 3.63) is 53.1 Å². The molecule has 0 amide bonds. The first-order chi connectivity index (χ1) is 7.18. The number of hydrogen-bond acceptors (Lipinski definition) is 2. The Labute approximate surface area is 94.6 Å². The number of benzene rings is 1. The minimum atomic E-state index is 0.112. The van der Waals surface area contributed by atoms with E-state index in [1.54, 1.807) is 11.3 Å². The summed E-state index contributed by atoms with van der Waals surface area (Å²) >= 11 is 1.71. The Morgan fingerprint density at radius 3 is 2.67 bits per heavy atom. The molecule has 1 radical (unpaired) electrons. The summed E-state index contributed by atoms with van der Waals surface area (Å²) in [5.74, 6) is 0. The Morgan fingerprint density at radius 2 is 2.07 bits per heavy atom. The summed E-state index contributed by atoms with van der Waals surface area (Å²) in [6, 6.07) is 10.4. The van der Waals surface area contributed by atoms with Crippen LogP contribution < -0.4 is 5.73 Å². The van der Waals surface area contributed by atoms with Crippen molar-refractivity contribution in [2.75, 3.05) is 0 Å². The molecule has 0 spiro atoms. The molecule has 15 heavy (non-hydrogen) atoms. The zero-order valence-electron chi connectivity index (χ0n) is 8.73. The lowest BCUT2D eigenvalue weighted by molar-refractivity contribution is 0.838. The van der Waals surface area contributed by atoms with Gasteiger partial charge in [-0.05, 0) is 42.0 Å². The first kappa shape index (κ1) is 10.4. The summed E-state index contributed by atoms with van der Waals surface area (Å²) in [6.07, 6.45) is 0. The van der Waals surface area contributed by atoms with Crippen LogP contribution in [0.5, 0.6) is 0 Å². The molecule has 0 aliphatic rings. The summed E-state index contributed by atoms with van der Waals surface area (Å²) in [5.41, 5.74) is 9.31. The van der Waals surface area contributed by atoms with Gasteiger partial charge in [-0.1, -0.05) is 24.3 Å². The second kappa shape index (κ2) is 4.17. The fraction of sp³-hybridized carbons (Fsp3) is 0.154. The van der Waals surface area contributed by atoms with E-state index in [0.717, 1.165) is 5.56 Å². The van der Waals surface area contributed by atoms with Crippen LogP contribution in [0.3, 0.4) is 0 Å². The molecular weight excluding hydrogens is 202 g/mol. The molecule has 1 unspecified atom stereocenters. The molecule has 0 aliphatic heterocycles. The maximum Gasteiger partial charge on any atom is 0.0361 e. The van der Waals surface area contributed by atoms with Crippen LogP contribution in [0.15, 0.2) is 35.7 Å². The second-order valence-corrected chi connectivity index (χ2v) is 4.63. The smallest absolute Gasteiger partial charge is 0.0361 e. The Hall–Kier alpha value is -1.12. The Morgan fingerprint density at radius 1 is 1.33 bits per heavy atom. The number of nitrogens with two attached hydrogens (primary N) is 1. The van der Waals surface area contributed by atoms with Crippen LogP contribution in [-0.2, 0) is 0 Å². The maximum absolute atomic E-state index is 5.84. The number of hydrogen-bond donors (Lipinski definition) is 1. The lowest BCUT2D eigenvalue weighted by atomic mass is 10.0. The van der Waals surface area contributed by atoms with Gasteiger partial charge in [0, 0.05) is 10.9 Å². The van der Waals surface area contributed by atoms with Crippen molar-refractivity contribution in [1.29, 1.82) is 0 Å². The highest BCUT2D eigenvalue weighted by Crippen LogP contribution is 2.30. The standard InChI is InChI=1S/C13H14NS/c1-9-5-3-4-6-12(9)11-7-13(10(2)14)15-8-11/h3-8,10H,1,14H2,2H3. The lowest BCUT2D eigenvalue weighted by Gasteiger charge is -2.02. The van der Waals surface area contributed by atoms with Gasteiger partial charge in [0.15, 0.2) is 0 Å². The van der Waals surface area contributed by atoms with Gasteiger partial charge < -0.3 is 5.73 Å². The van der Waals surface area contributed by atoms with Crippen molar-refractivity contribution in [3.8, 4) is 11.1 Å². The predicted octanol–water partition coefficient (Wildman–Crippen LogP) is 3.62. The molecule has 1 aromatic carbocycles. The van der Waals surface area contributed by atoms with E-state index in [1.807, 2.05) is 25.1 Å². The molecule has 2 aromatic rings. The lowest BCUT2D eigenvalue weighted by Crippen LogP contribution is -2.01. The summed E-state index contributed by atoms with van der Waals surface area (Å²) in [4.78, 5) is 1.22. The van der Waals surface area contributed by atoms with E-state index in [9.17, 15) is 0 Å².